The predicted octanol–water partition coefficient (Wildman–Crippen LogP) is 2.27. The molecule has 1 aromatic heterocycles. The van der Waals surface area contributed by atoms with Crippen LogP contribution in [0.3, 0.4) is 0 Å². The quantitative estimate of drug-likeness (QED) is 0.826. The number of rotatable bonds is 6. The van der Waals surface area contributed by atoms with Crippen LogP contribution in [-0.2, 0) is 9.53 Å². The van der Waals surface area contributed by atoms with Crippen molar-refractivity contribution in [2.75, 3.05) is 19.0 Å². The zero-order valence-electron chi connectivity index (χ0n) is 13.3. The third kappa shape index (κ3) is 4.32. The molecule has 0 fully saturated rings. The fourth-order valence-corrected chi connectivity index (χ4v) is 1.96. The van der Waals surface area contributed by atoms with Gasteiger partial charge in [0.2, 0.25) is 0 Å². The van der Waals surface area contributed by atoms with E-state index in [1.54, 1.807) is 41.2 Å². The third-order valence-corrected chi connectivity index (χ3v) is 3.07. The minimum absolute atomic E-state index is 0.138. The molecule has 23 heavy (non-hydrogen) atoms. The first kappa shape index (κ1) is 16.5. The molecule has 7 nitrogen and oxygen atoms in total. The Labute approximate surface area is 134 Å². The molecule has 0 spiro atoms. The van der Waals surface area contributed by atoms with E-state index in [9.17, 15) is 9.59 Å². The molecule has 1 amide bonds. The Bertz CT molecular complexity index is 677. The first-order valence-electron chi connectivity index (χ1n) is 7.16. The highest BCUT2D eigenvalue weighted by atomic mass is 16.5. The lowest BCUT2D eigenvalue weighted by molar-refractivity contribution is -0.118. The molecule has 0 aliphatic heterocycles. The van der Waals surface area contributed by atoms with Crippen LogP contribution in [0.5, 0.6) is 5.75 Å². The van der Waals surface area contributed by atoms with Crippen molar-refractivity contribution in [1.82, 2.24) is 9.78 Å². The van der Waals surface area contributed by atoms with E-state index < -0.39 is 5.97 Å². The minimum Gasteiger partial charge on any atom is -0.484 e. The van der Waals surface area contributed by atoms with Gasteiger partial charge in [0, 0.05) is 12.1 Å². The van der Waals surface area contributed by atoms with Crippen LogP contribution in [0.2, 0.25) is 0 Å². The number of carbonyl (C=O) groups excluding carboxylic acids is 2. The molecule has 0 radical (unpaired) electrons. The number of carbonyl (C=O) groups is 2. The normalized spacial score (nSPS) is 10.4. The Hall–Kier alpha value is -2.83. The van der Waals surface area contributed by atoms with Gasteiger partial charge in [-0.3, -0.25) is 4.79 Å². The maximum atomic E-state index is 11.9. The highest BCUT2D eigenvalue weighted by Crippen LogP contribution is 2.14. The van der Waals surface area contributed by atoms with Crippen molar-refractivity contribution in [2.45, 2.75) is 19.9 Å². The topological polar surface area (TPSA) is 82.4 Å². The summed E-state index contributed by atoms with van der Waals surface area (Å²) in [5.74, 6) is 0.403. The Morgan fingerprint density at radius 1 is 1.22 bits per heavy atom. The van der Waals surface area contributed by atoms with E-state index in [-0.39, 0.29) is 18.6 Å². The number of hydrogen-bond donors (Lipinski definition) is 1. The van der Waals surface area contributed by atoms with Gasteiger partial charge in [-0.2, -0.15) is 5.10 Å². The predicted molar refractivity (Wildman–Crippen MR) is 84.5 cm³/mol. The van der Waals surface area contributed by atoms with Crippen LogP contribution >= 0.6 is 0 Å². The van der Waals surface area contributed by atoms with Gasteiger partial charge >= 0.3 is 5.97 Å². The van der Waals surface area contributed by atoms with E-state index in [1.807, 2.05) is 13.8 Å². The maximum Gasteiger partial charge on any atom is 0.337 e. The summed E-state index contributed by atoms with van der Waals surface area (Å²) < 4.78 is 11.7. The highest BCUT2D eigenvalue weighted by molar-refractivity contribution is 5.91. The van der Waals surface area contributed by atoms with Crippen molar-refractivity contribution in [3.63, 3.8) is 0 Å². The summed E-state index contributed by atoms with van der Waals surface area (Å²) in [6.45, 7) is 3.81. The number of nitrogens with one attached hydrogen (secondary N) is 1. The molecule has 1 aromatic carbocycles. The van der Waals surface area contributed by atoms with Crippen LogP contribution in [0.1, 0.15) is 30.2 Å². The second kappa shape index (κ2) is 7.44. The molecule has 2 rings (SSSR count). The van der Waals surface area contributed by atoms with Gasteiger partial charge < -0.3 is 14.8 Å². The molecular formula is C16H19N3O4. The van der Waals surface area contributed by atoms with Gasteiger partial charge in [-0.25, -0.2) is 9.48 Å². The summed E-state index contributed by atoms with van der Waals surface area (Å²) in [6, 6.07) is 8.24. The SMILES string of the molecule is COC(=O)c1ccc(OCC(=O)Nc2ccnn2C(C)C)cc1. The van der Waals surface area contributed by atoms with Crippen LogP contribution < -0.4 is 10.1 Å². The van der Waals surface area contributed by atoms with E-state index >= 15 is 0 Å². The van der Waals surface area contributed by atoms with Crippen molar-refractivity contribution >= 4 is 17.7 Å². The number of benzene rings is 1. The molecule has 0 aliphatic rings. The Morgan fingerprint density at radius 2 is 1.91 bits per heavy atom. The summed E-state index contributed by atoms with van der Waals surface area (Å²) >= 11 is 0. The molecule has 1 heterocycles. The van der Waals surface area contributed by atoms with Crippen LogP contribution in [0.25, 0.3) is 0 Å². The summed E-state index contributed by atoms with van der Waals surface area (Å²) in [4.78, 5) is 23.2. The van der Waals surface area contributed by atoms with Crippen molar-refractivity contribution in [1.29, 1.82) is 0 Å². The van der Waals surface area contributed by atoms with Crippen LogP contribution in [0.4, 0.5) is 5.82 Å². The van der Waals surface area contributed by atoms with Gasteiger partial charge in [-0.15, -0.1) is 0 Å². The molecule has 0 atom stereocenters. The zero-order chi connectivity index (χ0) is 16.8. The number of amides is 1. The van der Waals surface area contributed by atoms with E-state index in [1.165, 1.54) is 7.11 Å². The number of methoxy groups -OCH3 is 1. The zero-order valence-corrected chi connectivity index (χ0v) is 13.3. The second-order valence-corrected chi connectivity index (χ2v) is 5.11. The first-order valence-corrected chi connectivity index (χ1v) is 7.16. The number of aromatic nitrogens is 2. The number of anilines is 1. The van der Waals surface area contributed by atoms with Crippen molar-refractivity contribution in [2.24, 2.45) is 0 Å². The van der Waals surface area contributed by atoms with Gasteiger partial charge in [-0.05, 0) is 38.1 Å². The maximum absolute atomic E-state index is 11.9. The standard InChI is InChI=1S/C16H19N3O4/c1-11(2)19-14(8-9-17-19)18-15(20)10-23-13-6-4-12(5-7-13)16(21)22-3/h4-9,11H,10H2,1-3H3,(H,18,20). The summed E-state index contributed by atoms with van der Waals surface area (Å²) in [5.41, 5.74) is 0.421. The van der Waals surface area contributed by atoms with Crippen molar-refractivity contribution in [3.8, 4) is 5.75 Å². The second-order valence-electron chi connectivity index (χ2n) is 5.11. The average Bonchev–Trinajstić information content (AvgIpc) is 3.01. The van der Waals surface area contributed by atoms with Crippen LogP contribution in [0.15, 0.2) is 36.5 Å². The molecule has 1 N–H and O–H groups in total. The van der Waals surface area contributed by atoms with Crippen LogP contribution in [0, 0.1) is 0 Å². The fraction of sp³-hybridized carbons (Fsp3) is 0.312. The summed E-state index contributed by atoms with van der Waals surface area (Å²) in [7, 11) is 1.32. The average molecular weight is 317 g/mol. The third-order valence-electron chi connectivity index (χ3n) is 3.07. The molecular weight excluding hydrogens is 298 g/mol. The molecule has 122 valence electrons. The molecule has 2 aromatic rings. The molecule has 0 saturated heterocycles. The van der Waals surface area contributed by atoms with E-state index in [2.05, 4.69) is 15.2 Å². The van der Waals surface area contributed by atoms with Crippen LogP contribution in [-0.4, -0.2) is 35.4 Å². The van der Waals surface area contributed by atoms with E-state index in [0.29, 0.717) is 17.1 Å². The van der Waals surface area contributed by atoms with Crippen molar-refractivity contribution < 1.29 is 19.1 Å². The smallest absolute Gasteiger partial charge is 0.337 e. The van der Waals surface area contributed by atoms with E-state index in [4.69, 9.17) is 4.74 Å². The first-order chi connectivity index (χ1) is 11.0. The molecule has 0 saturated carbocycles. The molecule has 0 bridgehead atoms. The van der Waals surface area contributed by atoms with E-state index in [0.717, 1.165) is 0 Å². The van der Waals surface area contributed by atoms with Gasteiger partial charge in [0.15, 0.2) is 6.61 Å². The molecule has 7 heteroatoms. The number of nitrogens with zero attached hydrogens (tertiary/aromatic N) is 2. The van der Waals surface area contributed by atoms with Gasteiger partial charge in [0.05, 0.1) is 18.9 Å². The van der Waals surface area contributed by atoms with Gasteiger partial charge in [-0.1, -0.05) is 0 Å². The minimum atomic E-state index is -0.420. The Balaban J connectivity index is 1.89. The number of esters is 1. The van der Waals surface area contributed by atoms with Gasteiger partial charge in [0.25, 0.3) is 5.91 Å². The summed E-state index contributed by atoms with van der Waals surface area (Å²) in [5, 5.41) is 6.88. The monoisotopic (exact) mass is 317 g/mol. The summed E-state index contributed by atoms with van der Waals surface area (Å²) in [6.07, 6.45) is 1.63. The lowest BCUT2D eigenvalue weighted by Gasteiger charge is -2.12. The number of ether oxygens (including phenoxy) is 2. The lowest BCUT2D eigenvalue weighted by atomic mass is 10.2. The van der Waals surface area contributed by atoms with Gasteiger partial charge in [0.1, 0.15) is 11.6 Å². The highest BCUT2D eigenvalue weighted by Gasteiger charge is 2.10. The van der Waals surface area contributed by atoms with Crippen molar-refractivity contribution in [3.05, 3.63) is 42.1 Å². The molecule has 0 unspecified atom stereocenters. The Kier molecular flexibility index (Phi) is 5.35. The number of hydrogen-bond acceptors (Lipinski definition) is 5. The molecule has 0 aliphatic carbocycles. The Morgan fingerprint density at radius 3 is 2.52 bits per heavy atom. The fourth-order valence-electron chi connectivity index (χ4n) is 1.96. The lowest BCUT2D eigenvalue weighted by Crippen LogP contribution is -2.22. The largest absolute Gasteiger partial charge is 0.484 e.